The van der Waals surface area contributed by atoms with Crippen LogP contribution < -0.4 is 24.3 Å². The van der Waals surface area contributed by atoms with Crippen molar-refractivity contribution in [2.24, 2.45) is 0 Å². The maximum atomic E-state index is 14.3. The minimum Gasteiger partial charge on any atom is -0.335 e. The van der Waals surface area contributed by atoms with Crippen LogP contribution >= 0.6 is 57.8 Å². The van der Waals surface area contributed by atoms with Crippen LogP contribution in [0.15, 0.2) is 134 Å². The summed E-state index contributed by atoms with van der Waals surface area (Å²) in [5, 5.41) is 6.55. The maximum absolute atomic E-state index is 14.3. The predicted molar refractivity (Wildman–Crippen MR) is 270 cm³/mol. The average Bonchev–Trinajstić information content (AvgIpc) is 4.01. The molecule has 0 radical (unpaired) electrons. The van der Waals surface area contributed by atoms with Gasteiger partial charge in [0.25, 0.3) is 46.3 Å². The van der Waals surface area contributed by atoms with Crippen molar-refractivity contribution in [1.82, 2.24) is 5.32 Å². The highest BCUT2D eigenvalue weighted by Crippen LogP contribution is 2.49. The third-order valence-electron chi connectivity index (χ3n) is 11.0. The standard InChI is InChI=1S/C45H38ClN5O10S7/c46-31-13-17-39-36(23-31)49(19-7-21-67(56,57)58)43(63-39)26-45-51(35-22-30(12-16-38(35)64-45)29-8-2-1-3-9-29)28-47-41(52)27-50-33-10-4-5-11-37(33)62-44(50)25-42-48(18-6-20-66(53,54)55)34-15-14-32(68(59,60)61)24-40(34)65-42/h1-5,8-17,22-26H,6-7,18-21,27-28H2,(H2-2,47,52,53,54,55,56,57,58,59,60,61)/p+2. The summed E-state index contributed by atoms with van der Waals surface area (Å²) in [4.78, 5) is 19.3. The summed E-state index contributed by atoms with van der Waals surface area (Å²) in [7, 11) is -13.0. The number of rotatable bonds is 16. The van der Waals surface area contributed by atoms with E-state index in [1.807, 2.05) is 104 Å². The van der Waals surface area contributed by atoms with Crippen LogP contribution in [0.1, 0.15) is 22.9 Å². The van der Waals surface area contributed by atoms with Gasteiger partial charge < -0.3 is 9.80 Å². The molecule has 0 atom stereocenters. The van der Waals surface area contributed by atoms with Gasteiger partial charge in [0.05, 0.1) is 50.0 Å². The molecule has 68 heavy (non-hydrogen) atoms. The number of aromatic nitrogens is 2. The van der Waals surface area contributed by atoms with E-state index in [4.69, 9.17) is 11.6 Å². The molecule has 0 aliphatic carbocycles. The lowest BCUT2D eigenvalue weighted by atomic mass is 10.1. The summed E-state index contributed by atoms with van der Waals surface area (Å²) >= 11 is 12.1. The van der Waals surface area contributed by atoms with Gasteiger partial charge in [0, 0.05) is 40.0 Å². The van der Waals surface area contributed by atoms with Crippen molar-refractivity contribution in [3.63, 3.8) is 0 Å². The number of carbonyl (C=O) groups excluding carboxylic acids is 1. The number of nitrogens with one attached hydrogen (secondary N) is 1. The predicted octanol–water partition coefficient (Wildman–Crippen LogP) is 8.41. The molecule has 4 heterocycles. The van der Waals surface area contributed by atoms with E-state index in [0.717, 1.165) is 52.2 Å². The molecule has 1 amide bonds. The van der Waals surface area contributed by atoms with E-state index in [1.165, 1.54) is 64.4 Å². The van der Waals surface area contributed by atoms with Crippen LogP contribution in [-0.4, -0.2) is 69.4 Å². The Balaban J connectivity index is 1.05. The number of fused-ring (bicyclic) bond motifs is 4. The number of halogens is 1. The highest BCUT2D eigenvalue weighted by molar-refractivity contribution is 8.04. The lowest BCUT2D eigenvalue weighted by Crippen LogP contribution is -2.49. The average molecular weight is 1070 g/mol. The highest BCUT2D eigenvalue weighted by atomic mass is 35.5. The van der Waals surface area contributed by atoms with E-state index < -0.39 is 41.9 Å². The zero-order valence-corrected chi connectivity index (χ0v) is 41.9. The molecule has 0 saturated heterocycles. The molecule has 0 bridgehead atoms. The van der Waals surface area contributed by atoms with Crippen molar-refractivity contribution >= 4 is 138 Å². The number of thiazole rings is 2. The van der Waals surface area contributed by atoms with E-state index in [0.29, 0.717) is 25.6 Å². The van der Waals surface area contributed by atoms with Gasteiger partial charge in [-0.3, -0.25) is 23.8 Å². The number of para-hydroxylation sites is 1. The topological polar surface area (TPSA) is 206 Å². The van der Waals surface area contributed by atoms with Crippen LogP contribution in [0.4, 0.5) is 11.4 Å². The second-order valence-corrected chi connectivity index (χ2v) is 24.9. The number of hydrogen-bond donors (Lipinski definition) is 4. The van der Waals surface area contributed by atoms with Gasteiger partial charge in [-0.1, -0.05) is 106 Å². The Bertz CT molecular complexity index is 3550. The molecule has 0 unspecified atom stereocenters. The number of carbonyl (C=O) groups is 1. The van der Waals surface area contributed by atoms with Crippen molar-refractivity contribution in [2.75, 3.05) is 34.4 Å². The SMILES string of the molecule is O=C(C[n+]1c(C=C2Sc3cc(S(=O)(=O)O)ccc3N2CCCS(=O)(=O)O)sc2ccccc21)NC[n+]1c(C=C2Sc3ccc(Cl)cc3N2CCCS(=O)(=O)O)sc2ccc(-c3ccccc3)cc21. The summed E-state index contributed by atoms with van der Waals surface area (Å²) in [6, 6.07) is 33.4. The first kappa shape index (κ1) is 48.2. The fourth-order valence-electron chi connectivity index (χ4n) is 7.89. The molecule has 0 saturated carbocycles. The zero-order valence-electron chi connectivity index (χ0n) is 35.4. The summed E-state index contributed by atoms with van der Waals surface area (Å²) in [5.41, 5.74) is 5.04. The molecule has 9 rings (SSSR count). The van der Waals surface area contributed by atoms with Gasteiger partial charge in [0.15, 0.2) is 0 Å². The van der Waals surface area contributed by atoms with E-state index in [1.54, 1.807) is 6.07 Å². The van der Waals surface area contributed by atoms with Crippen LogP contribution in [-0.2, 0) is 48.4 Å². The van der Waals surface area contributed by atoms with Crippen molar-refractivity contribution in [2.45, 2.75) is 40.7 Å². The Labute approximate surface area is 413 Å². The summed E-state index contributed by atoms with van der Waals surface area (Å²) < 4.78 is 105. The van der Waals surface area contributed by atoms with E-state index >= 15 is 0 Å². The first-order chi connectivity index (χ1) is 32.4. The summed E-state index contributed by atoms with van der Waals surface area (Å²) in [6.45, 7) is 0.413. The largest absolute Gasteiger partial charge is 0.335 e. The van der Waals surface area contributed by atoms with E-state index in [9.17, 15) is 43.7 Å². The summed E-state index contributed by atoms with van der Waals surface area (Å²) in [6.07, 6.45) is 4.07. The fourth-order valence-corrected chi connectivity index (χ4v) is 14.2. The second kappa shape index (κ2) is 19.5. The number of benzene rings is 5. The van der Waals surface area contributed by atoms with Crippen LogP contribution in [0.2, 0.25) is 5.02 Å². The fraction of sp³-hybridized carbons (Fsp3) is 0.178. The second-order valence-electron chi connectivity index (χ2n) is 15.6. The van der Waals surface area contributed by atoms with E-state index in [-0.39, 0.29) is 49.9 Å². The number of thioether (sulfide) groups is 2. The number of nitrogens with zero attached hydrogens (tertiary/aromatic N) is 4. The van der Waals surface area contributed by atoms with Gasteiger partial charge in [-0.15, -0.1) is 0 Å². The Kier molecular flexibility index (Phi) is 13.8. The van der Waals surface area contributed by atoms with Gasteiger partial charge in [-0.2, -0.15) is 34.4 Å². The number of anilines is 2. The Morgan fingerprint density at radius 3 is 1.93 bits per heavy atom. The molecule has 0 fully saturated rings. The Hall–Kier alpha value is -4.85. The first-order valence-electron chi connectivity index (χ1n) is 20.7. The lowest BCUT2D eigenvalue weighted by Gasteiger charge is -2.20. The molecule has 4 N–H and O–H groups in total. The minimum atomic E-state index is -4.52. The van der Waals surface area contributed by atoms with Crippen LogP contribution in [0.3, 0.4) is 0 Å². The van der Waals surface area contributed by atoms with Gasteiger partial charge in [-0.05, 0) is 72.5 Å². The van der Waals surface area contributed by atoms with Crippen molar-refractivity contribution in [1.29, 1.82) is 0 Å². The molecule has 2 aromatic heterocycles. The number of hydrogen-bond acceptors (Lipinski definition) is 13. The molecular formula is C45H40ClN5O10S7+2. The van der Waals surface area contributed by atoms with Crippen LogP contribution in [0.25, 0.3) is 43.7 Å². The quantitative estimate of drug-likeness (QED) is 0.0530. The van der Waals surface area contributed by atoms with Gasteiger partial charge >= 0.3 is 0 Å². The summed E-state index contributed by atoms with van der Waals surface area (Å²) in [5.74, 6) is -1.22. The normalized spacial score (nSPS) is 15.2. The molecule has 7 aromatic rings. The van der Waals surface area contributed by atoms with Crippen LogP contribution in [0.5, 0.6) is 0 Å². The zero-order chi connectivity index (χ0) is 48.0. The first-order valence-corrected chi connectivity index (χ1v) is 29.0. The van der Waals surface area contributed by atoms with Crippen LogP contribution in [0, 0.1) is 0 Å². The molecule has 0 spiro atoms. The Morgan fingerprint density at radius 2 is 1.25 bits per heavy atom. The van der Waals surface area contributed by atoms with Crippen molar-refractivity contribution in [3.8, 4) is 11.1 Å². The molecule has 15 nitrogen and oxygen atoms in total. The molecule has 5 aromatic carbocycles. The minimum absolute atomic E-state index is 0.0531. The maximum Gasteiger partial charge on any atom is 0.294 e. The highest BCUT2D eigenvalue weighted by Gasteiger charge is 2.32. The van der Waals surface area contributed by atoms with Gasteiger partial charge in [0.1, 0.15) is 9.40 Å². The van der Waals surface area contributed by atoms with Crippen molar-refractivity contribution < 1.29 is 52.8 Å². The van der Waals surface area contributed by atoms with Crippen molar-refractivity contribution in [3.05, 3.63) is 134 Å². The third kappa shape index (κ3) is 10.9. The van der Waals surface area contributed by atoms with Gasteiger partial charge in [-0.25, -0.2) is 0 Å². The molecular weight excluding hydrogens is 1030 g/mol. The number of amides is 1. The smallest absolute Gasteiger partial charge is 0.294 e. The third-order valence-corrected chi connectivity index (χ3v) is 18.1. The lowest BCUT2D eigenvalue weighted by molar-refractivity contribution is -0.675. The molecule has 352 valence electrons. The van der Waals surface area contributed by atoms with E-state index in [2.05, 4.69) is 17.4 Å². The molecule has 23 heteroatoms. The van der Waals surface area contributed by atoms with Gasteiger partial charge in [0.2, 0.25) is 24.2 Å². The monoisotopic (exact) mass is 1070 g/mol. The Morgan fingerprint density at radius 1 is 0.632 bits per heavy atom. The molecule has 2 aliphatic heterocycles. The molecule has 2 aliphatic rings.